The van der Waals surface area contributed by atoms with E-state index < -0.39 is 6.04 Å². The van der Waals surface area contributed by atoms with E-state index in [0.717, 1.165) is 31.4 Å². The van der Waals surface area contributed by atoms with Crippen molar-refractivity contribution in [3.05, 3.63) is 35.9 Å². The molecule has 0 saturated carbocycles. The maximum Gasteiger partial charge on any atom is 0.244 e. The minimum atomic E-state index is -0.551. The zero-order valence-electron chi connectivity index (χ0n) is 12.3. The molecule has 3 nitrogen and oxygen atoms in total. The van der Waals surface area contributed by atoms with Gasteiger partial charge in [0.25, 0.3) is 0 Å². The van der Waals surface area contributed by atoms with Gasteiger partial charge in [0.05, 0.1) is 0 Å². The molecule has 0 aromatic heterocycles. The number of carbonyl (C=O) groups excluding carboxylic acids is 1. The van der Waals surface area contributed by atoms with Gasteiger partial charge in [0.2, 0.25) is 5.91 Å². The van der Waals surface area contributed by atoms with Crippen molar-refractivity contribution >= 4 is 5.91 Å². The van der Waals surface area contributed by atoms with Gasteiger partial charge >= 0.3 is 0 Å². The molecule has 1 aromatic rings. The van der Waals surface area contributed by atoms with Crippen LogP contribution in [0.2, 0.25) is 0 Å². The standard InChI is InChI=1S/C16H26N2O/c1-4-5-9-12-18(13(2)3)16(19)15(17)14-10-7-6-8-11-14/h6-8,10-11,13,15H,4-5,9,12,17H2,1-3H3/t15-/m1/s1. The van der Waals surface area contributed by atoms with Crippen LogP contribution in [0.15, 0.2) is 30.3 Å². The molecular formula is C16H26N2O. The predicted octanol–water partition coefficient (Wildman–Crippen LogP) is 3.11. The van der Waals surface area contributed by atoms with Gasteiger partial charge in [0.15, 0.2) is 0 Å². The lowest BCUT2D eigenvalue weighted by molar-refractivity contribution is -0.134. The van der Waals surface area contributed by atoms with Crippen LogP contribution in [-0.2, 0) is 4.79 Å². The third-order valence-electron chi connectivity index (χ3n) is 3.33. The highest BCUT2D eigenvalue weighted by Gasteiger charge is 2.23. The van der Waals surface area contributed by atoms with E-state index in [1.807, 2.05) is 49.1 Å². The van der Waals surface area contributed by atoms with Crippen LogP contribution in [0.4, 0.5) is 0 Å². The number of benzene rings is 1. The van der Waals surface area contributed by atoms with E-state index in [2.05, 4.69) is 6.92 Å². The highest BCUT2D eigenvalue weighted by Crippen LogP contribution is 2.15. The van der Waals surface area contributed by atoms with Gasteiger partial charge in [-0.2, -0.15) is 0 Å². The average Bonchev–Trinajstić information content (AvgIpc) is 2.42. The number of hydrogen-bond acceptors (Lipinski definition) is 2. The Bertz CT molecular complexity index is 376. The number of unbranched alkanes of at least 4 members (excludes halogenated alkanes) is 2. The molecule has 1 rings (SSSR count). The summed E-state index contributed by atoms with van der Waals surface area (Å²) < 4.78 is 0. The molecule has 0 aliphatic rings. The molecule has 3 heteroatoms. The van der Waals surface area contributed by atoms with Crippen molar-refractivity contribution in [2.45, 2.75) is 52.1 Å². The van der Waals surface area contributed by atoms with Gasteiger partial charge in [-0.05, 0) is 25.8 Å². The Balaban J connectivity index is 2.70. The summed E-state index contributed by atoms with van der Waals surface area (Å²) in [5.41, 5.74) is 6.97. The first-order valence-electron chi connectivity index (χ1n) is 7.19. The highest BCUT2D eigenvalue weighted by atomic mass is 16.2. The summed E-state index contributed by atoms with van der Waals surface area (Å²) >= 11 is 0. The Kier molecular flexibility index (Phi) is 6.57. The van der Waals surface area contributed by atoms with E-state index in [1.165, 1.54) is 0 Å². The van der Waals surface area contributed by atoms with Crippen molar-refractivity contribution in [3.8, 4) is 0 Å². The van der Waals surface area contributed by atoms with Crippen molar-refractivity contribution in [2.75, 3.05) is 6.54 Å². The van der Waals surface area contributed by atoms with Crippen LogP contribution >= 0.6 is 0 Å². The van der Waals surface area contributed by atoms with Crippen LogP contribution in [0.1, 0.15) is 51.6 Å². The lowest BCUT2D eigenvalue weighted by Gasteiger charge is -2.29. The normalized spacial score (nSPS) is 12.5. The Morgan fingerprint density at radius 1 is 1.21 bits per heavy atom. The quantitative estimate of drug-likeness (QED) is 0.767. The van der Waals surface area contributed by atoms with Gasteiger partial charge in [0, 0.05) is 12.6 Å². The van der Waals surface area contributed by atoms with Crippen molar-refractivity contribution in [1.82, 2.24) is 4.90 Å². The lowest BCUT2D eigenvalue weighted by Crippen LogP contribution is -2.43. The SMILES string of the molecule is CCCCCN(C(=O)[C@H](N)c1ccccc1)C(C)C. The molecule has 0 unspecified atom stereocenters. The largest absolute Gasteiger partial charge is 0.339 e. The fourth-order valence-electron chi connectivity index (χ4n) is 2.14. The number of nitrogens with two attached hydrogens (primary N) is 1. The summed E-state index contributed by atoms with van der Waals surface area (Å²) in [6.45, 7) is 7.05. The Hall–Kier alpha value is -1.35. The summed E-state index contributed by atoms with van der Waals surface area (Å²) in [5, 5.41) is 0. The number of hydrogen-bond donors (Lipinski definition) is 1. The smallest absolute Gasteiger partial charge is 0.244 e. The average molecular weight is 262 g/mol. The van der Waals surface area contributed by atoms with Gasteiger partial charge in [-0.3, -0.25) is 4.79 Å². The van der Waals surface area contributed by atoms with Gasteiger partial charge < -0.3 is 10.6 Å². The molecule has 1 atom stereocenters. The van der Waals surface area contributed by atoms with Crippen molar-refractivity contribution in [1.29, 1.82) is 0 Å². The topological polar surface area (TPSA) is 46.3 Å². The minimum Gasteiger partial charge on any atom is -0.339 e. The molecule has 0 aliphatic heterocycles. The molecule has 0 fully saturated rings. The van der Waals surface area contributed by atoms with Crippen molar-refractivity contribution in [2.24, 2.45) is 5.73 Å². The molecule has 1 aromatic carbocycles. The first-order chi connectivity index (χ1) is 9.07. The Labute approximate surface area is 116 Å². The third-order valence-corrected chi connectivity index (χ3v) is 3.33. The van der Waals surface area contributed by atoms with E-state index >= 15 is 0 Å². The van der Waals surface area contributed by atoms with Gasteiger partial charge in [-0.15, -0.1) is 0 Å². The van der Waals surface area contributed by atoms with E-state index in [1.54, 1.807) is 0 Å². The van der Waals surface area contributed by atoms with Crippen LogP contribution in [0.3, 0.4) is 0 Å². The van der Waals surface area contributed by atoms with Crippen LogP contribution in [0, 0.1) is 0 Å². The number of nitrogens with zero attached hydrogens (tertiary/aromatic N) is 1. The van der Waals surface area contributed by atoms with Crippen LogP contribution < -0.4 is 5.73 Å². The maximum atomic E-state index is 12.5. The molecule has 106 valence electrons. The van der Waals surface area contributed by atoms with Gasteiger partial charge in [-0.25, -0.2) is 0 Å². The second kappa shape index (κ2) is 7.95. The summed E-state index contributed by atoms with van der Waals surface area (Å²) in [6.07, 6.45) is 3.35. The first kappa shape index (κ1) is 15.7. The molecule has 1 amide bonds. The molecule has 0 spiro atoms. The molecule has 0 aliphatic carbocycles. The zero-order valence-corrected chi connectivity index (χ0v) is 12.3. The number of rotatable bonds is 7. The zero-order chi connectivity index (χ0) is 14.3. The van der Waals surface area contributed by atoms with Gasteiger partial charge in [0.1, 0.15) is 6.04 Å². The molecule has 0 bridgehead atoms. The molecular weight excluding hydrogens is 236 g/mol. The van der Waals surface area contributed by atoms with E-state index in [9.17, 15) is 4.79 Å². The van der Waals surface area contributed by atoms with E-state index in [0.29, 0.717) is 0 Å². The second-order valence-electron chi connectivity index (χ2n) is 5.22. The second-order valence-corrected chi connectivity index (χ2v) is 5.22. The molecule has 0 radical (unpaired) electrons. The van der Waals surface area contributed by atoms with Crippen LogP contribution in [-0.4, -0.2) is 23.4 Å². The molecule has 2 N–H and O–H groups in total. The first-order valence-corrected chi connectivity index (χ1v) is 7.19. The van der Waals surface area contributed by atoms with E-state index in [4.69, 9.17) is 5.73 Å². The van der Waals surface area contributed by atoms with E-state index in [-0.39, 0.29) is 11.9 Å². The molecule has 0 heterocycles. The Morgan fingerprint density at radius 2 is 1.84 bits per heavy atom. The summed E-state index contributed by atoms with van der Waals surface area (Å²) in [5.74, 6) is 0.0253. The maximum absolute atomic E-state index is 12.5. The van der Waals surface area contributed by atoms with Gasteiger partial charge in [-0.1, -0.05) is 50.1 Å². The predicted molar refractivity (Wildman–Crippen MR) is 79.7 cm³/mol. The van der Waals surface area contributed by atoms with Crippen molar-refractivity contribution < 1.29 is 4.79 Å². The summed E-state index contributed by atoms with van der Waals surface area (Å²) in [7, 11) is 0. The minimum absolute atomic E-state index is 0.0253. The highest BCUT2D eigenvalue weighted by molar-refractivity contribution is 5.83. The monoisotopic (exact) mass is 262 g/mol. The summed E-state index contributed by atoms with van der Waals surface area (Å²) in [4.78, 5) is 14.4. The lowest BCUT2D eigenvalue weighted by atomic mass is 10.1. The molecule has 19 heavy (non-hydrogen) atoms. The number of carbonyl (C=O) groups is 1. The van der Waals surface area contributed by atoms with Crippen LogP contribution in [0.5, 0.6) is 0 Å². The Morgan fingerprint density at radius 3 is 2.37 bits per heavy atom. The van der Waals surface area contributed by atoms with Crippen molar-refractivity contribution in [3.63, 3.8) is 0 Å². The van der Waals surface area contributed by atoms with Crippen LogP contribution in [0.25, 0.3) is 0 Å². The molecule has 0 saturated heterocycles. The fourth-order valence-corrected chi connectivity index (χ4v) is 2.14. The number of amides is 1. The third kappa shape index (κ3) is 4.67. The summed E-state index contributed by atoms with van der Waals surface area (Å²) in [6, 6.07) is 9.23. The fraction of sp³-hybridized carbons (Fsp3) is 0.562.